The maximum atomic E-state index is 12.7. The number of halogens is 1. The van der Waals surface area contributed by atoms with Gasteiger partial charge in [0.05, 0.1) is 6.42 Å². The number of anilines is 1. The second-order valence-electron chi connectivity index (χ2n) is 5.72. The van der Waals surface area contributed by atoms with Crippen LogP contribution in [0.25, 0.3) is 0 Å². The Hall–Kier alpha value is -1.80. The standard InChI is InChI=1S/C18H18ClNO/c1-12-7-8-14(16(19)9-12)11-18(21)20-13(2)10-15-5-3-4-6-17(15)20/h3-9,13H,10-11H2,1-2H3. The van der Waals surface area contributed by atoms with E-state index >= 15 is 0 Å². The molecule has 1 aliphatic heterocycles. The van der Waals surface area contributed by atoms with Crippen molar-refractivity contribution in [2.24, 2.45) is 0 Å². The molecule has 1 unspecified atom stereocenters. The fourth-order valence-corrected chi connectivity index (χ4v) is 3.29. The molecule has 0 radical (unpaired) electrons. The van der Waals surface area contributed by atoms with Crippen LogP contribution in [0, 0.1) is 6.92 Å². The molecule has 2 aromatic rings. The van der Waals surface area contributed by atoms with Gasteiger partial charge in [-0.3, -0.25) is 4.79 Å². The minimum Gasteiger partial charge on any atom is -0.309 e. The van der Waals surface area contributed by atoms with Crippen LogP contribution in [0.1, 0.15) is 23.6 Å². The fourth-order valence-electron chi connectivity index (χ4n) is 2.99. The van der Waals surface area contributed by atoms with Crippen LogP contribution in [0.4, 0.5) is 5.69 Å². The van der Waals surface area contributed by atoms with Crippen molar-refractivity contribution in [3.05, 3.63) is 64.2 Å². The number of rotatable bonds is 2. The van der Waals surface area contributed by atoms with Crippen molar-refractivity contribution in [1.29, 1.82) is 0 Å². The van der Waals surface area contributed by atoms with Crippen LogP contribution in [0.5, 0.6) is 0 Å². The molecule has 21 heavy (non-hydrogen) atoms. The lowest BCUT2D eigenvalue weighted by Gasteiger charge is -2.23. The third-order valence-electron chi connectivity index (χ3n) is 4.03. The molecular formula is C18H18ClNO. The molecule has 0 fully saturated rings. The zero-order chi connectivity index (χ0) is 15.0. The monoisotopic (exact) mass is 299 g/mol. The van der Waals surface area contributed by atoms with E-state index in [2.05, 4.69) is 13.0 Å². The number of amides is 1. The molecule has 1 atom stereocenters. The average molecular weight is 300 g/mol. The lowest BCUT2D eigenvalue weighted by Crippen LogP contribution is -2.36. The van der Waals surface area contributed by atoms with Gasteiger partial charge in [0.2, 0.25) is 5.91 Å². The van der Waals surface area contributed by atoms with E-state index < -0.39 is 0 Å². The van der Waals surface area contributed by atoms with E-state index in [-0.39, 0.29) is 11.9 Å². The minimum absolute atomic E-state index is 0.109. The zero-order valence-electron chi connectivity index (χ0n) is 12.3. The van der Waals surface area contributed by atoms with Crippen LogP contribution in [0.3, 0.4) is 0 Å². The molecule has 108 valence electrons. The third-order valence-corrected chi connectivity index (χ3v) is 4.38. The summed E-state index contributed by atoms with van der Waals surface area (Å²) < 4.78 is 0. The van der Waals surface area contributed by atoms with E-state index in [1.54, 1.807) is 0 Å². The first-order valence-corrected chi connectivity index (χ1v) is 7.59. The number of carbonyl (C=O) groups excluding carboxylic acids is 1. The largest absolute Gasteiger partial charge is 0.309 e. The van der Waals surface area contributed by atoms with Crippen LogP contribution >= 0.6 is 11.6 Å². The van der Waals surface area contributed by atoms with E-state index in [0.717, 1.165) is 23.2 Å². The topological polar surface area (TPSA) is 20.3 Å². The molecule has 1 amide bonds. The number of aryl methyl sites for hydroxylation is 1. The molecule has 0 aromatic heterocycles. The van der Waals surface area contributed by atoms with Gasteiger partial charge in [0.25, 0.3) is 0 Å². The molecular weight excluding hydrogens is 282 g/mol. The first-order chi connectivity index (χ1) is 10.1. The van der Waals surface area contributed by atoms with E-state index in [1.165, 1.54) is 5.56 Å². The highest BCUT2D eigenvalue weighted by atomic mass is 35.5. The molecule has 3 rings (SSSR count). The summed E-state index contributed by atoms with van der Waals surface area (Å²) in [4.78, 5) is 14.6. The Kier molecular flexibility index (Phi) is 3.73. The molecule has 0 aliphatic carbocycles. The van der Waals surface area contributed by atoms with Gasteiger partial charge >= 0.3 is 0 Å². The SMILES string of the molecule is Cc1ccc(CC(=O)N2c3ccccc3CC2C)c(Cl)c1. The molecule has 1 heterocycles. The van der Waals surface area contributed by atoms with Crippen molar-refractivity contribution in [1.82, 2.24) is 0 Å². The summed E-state index contributed by atoms with van der Waals surface area (Å²) in [6.45, 7) is 4.09. The summed E-state index contributed by atoms with van der Waals surface area (Å²) in [5, 5.41) is 0.670. The maximum Gasteiger partial charge on any atom is 0.231 e. The van der Waals surface area contributed by atoms with Crippen molar-refractivity contribution in [3.8, 4) is 0 Å². The molecule has 0 N–H and O–H groups in total. The average Bonchev–Trinajstić information content (AvgIpc) is 2.77. The van der Waals surface area contributed by atoms with Crippen LogP contribution in [-0.4, -0.2) is 11.9 Å². The van der Waals surface area contributed by atoms with Crippen molar-refractivity contribution in [3.63, 3.8) is 0 Å². The molecule has 3 heteroatoms. The number of benzene rings is 2. The van der Waals surface area contributed by atoms with Crippen molar-refractivity contribution < 1.29 is 4.79 Å². The lowest BCUT2D eigenvalue weighted by atomic mass is 10.1. The molecule has 0 spiro atoms. The first-order valence-electron chi connectivity index (χ1n) is 7.21. The van der Waals surface area contributed by atoms with E-state index in [9.17, 15) is 4.79 Å². The number of para-hydroxylation sites is 1. The highest BCUT2D eigenvalue weighted by molar-refractivity contribution is 6.31. The molecule has 0 saturated heterocycles. The lowest BCUT2D eigenvalue weighted by molar-refractivity contribution is -0.118. The summed E-state index contributed by atoms with van der Waals surface area (Å²) >= 11 is 6.25. The van der Waals surface area contributed by atoms with E-state index in [4.69, 9.17) is 11.6 Å². The Labute approximate surface area is 130 Å². The van der Waals surface area contributed by atoms with Gasteiger partial charge in [-0.05, 0) is 49.1 Å². The number of carbonyl (C=O) groups is 1. The van der Waals surface area contributed by atoms with Gasteiger partial charge in [-0.1, -0.05) is 41.9 Å². The summed E-state index contributed by atoms with van der Waals surface area (Å²) in [5.74, 6) is 0.109. The Morgan fingerprint density at radius 2 is 2.05 bits per heavy atom. The molecule has 2 aromatic carbocycles. The Balaban J connectivity index is 1.86. The predicted molar refractivity (Wildman–Crippen MR) is 87.0 cm³/mol. The highest BCUT2D eigenvalue weighted by Gasteiger charge is 2.30. The normalized spacial score (nSPS) is 16.9. The van der Waals surface area contributed by atoms with Gasteiger partial charge < -0.3 is 4.90 Å². The van der Waals surface area contributed by atoms with Crippen LogP contribution < -0.4 is 4.90 Å². The number of nitrogens with zero attached hydrogens (tertiary/aromatic N) is 1. The molecule has 2 nitrogen and oxygen atoms in total. The van der Waals surface area contributed by atoms with Gasteiger partial charge in [-0.2, -0.15) is 0 Å². The molecule has 0 bridgehead atoms. The summed E-state index contributed by atoms with van der Waals surface area (Å²) in [5.41, 5.74) is 4.28. The predicted octanol–water partition coefficient (Wildman–Crippen LogP) is 4.17. The van der Waals surface area contributed by atoms with Crippen LogP contribution in [-0.2, 0) is 17.6 Å². The van der Waals surface area contributed by atoms with E-state index in [1.807, 2.05) is 48.2 Å². The number of fused-ring (bicyclic) bond motifs is 1. The van der Waals surface area contributed by atoms with Gasteiger partial charge in [-0.25, -0.2) is 0 Å². The van der Waals surface area contributed by atoms with Crippen molar-refractivity contribution in [2.45, 2.75) is 32.7 Å². The van der Waals surface area contributed by atoms with Gasteiger partial charge in [-0.15, -0.1) is 0 Å². The highest BCUT2D eigenvalue weighted by Crippen LogP contribution is 2.32. The first kappa shape index (κ1) is 14.2. The smallest absolute Gasteiger partial charge is 0.231 e. The van der Waals surface area contributed by atoms with Gasteiger partial charge in [0, 0.05) is 16.8 Å². The molecule has 0 saturated carbocycles. The number of hydrogen-bond acceptors (Lipinski definition) is 1. The van der Waals surface area contributed by atoms with Crippen molar-refractivity contribution in [2.75, 3.05) is 4.90 Å². The fraction of sp³-hybridized carbons (Fsp3) is 0.278. The zero-order valence-corrected chi connectivity index (χ0v) is 13.0. The second-order valence-corrected chi connectivity index (χ2v) is 6.12. The third kappa shape index (κ3) is 2.68. The summed E-state index contributed by atoms with van der Waals surface area (Å²) in [6, 6.07) is 14.2. The molecule has 1 aliphatic rings. The van der Waals surface area contributed by atoms with E-state index in [0.29, 0.717) is 11.4 Å². The Morgan fingerprint density at radius 1 is 1.29 bits per heavy atom. The van der Waals surface area contributed by atoms with Gasteiger partial charge in [0.1, 0.15) is 0 Å². The minimum atomic E-state index is 0.109. The van der Waals surface area contributed by atoms with Crippen LogP contribution in [0.2, 0.25) is 5.02 Å². The summed E-state index contributed by atoms with van der Waals surface area (Å²) in [7, 11) is 0. The Bertz CT molecular complexity index is 695. The Morgan fingerprint density at radius 3 is 2.81 bits per heavy atom. The quantitative estimate of drug-likeness (QED) is 0.815. The second kappa shape index (κ2) is 5.53. The maximum absolute atomic E-state index is 12.7. The van der Waals surface area contributed by atoms with Gasteiger partial charge in [0.15, 0.2) is 0 Å². The van der Waals surface area contributed by atoms with Crippen LogP contribution in [0.15, 0.2) is 42.5 Å². The van der Waals surface area contributed by atoms with Crippen molar-refractivity contribution >= 4 is 23.2 Å². The summed E-state index contributed by atoms with van der Waals surface area (Å²) in [6.07, 6.45) is 1.27. The number of hydrogen-bond donors (Lipinski definition) is 0.